The molecule has 2 nitrogen and oxygen atoms in total. The fraction of sp³-hybridized carbons (Fsp3) is 0.417. The minimum atomic E-state index is 0.00338. The van der Waals surface area contributed by atoms with Gasteiger partial charge in [0.25, 0.3) is 0 Å². The molecular formula is C12H15Cl2NO. The van der Waals surface area contributed by atoms with Gasteiger partial charge < -0.3 is 5.73 Å². The number of carbonyl (C=O) groups is 1. The first kappa shape index (κ1) is 13.5. The number of nitrogens with two attached hydrogens (primary N) is 1. The number of ketones is 1. The fourth-order valence-electron chi connectivity index (χ4n) is 1.57. The lowest BCUT2D eigenvalue weighted by molar-refractivity contribution is -0.119. The normalized spacial score (nSPS) is 12.5. The van der Waals surface area contributed by atoms with Gasteiger partial charge in [0, 0.05) is 28.8 Å². The van der Waals surface area contributed by atoms with Crippen LogP contribution in [-0.4, -0.2) is 12.3 Å². The lowest BCUT2D eigenvalue weighted by atomic mass is 9.93. The predicted octanol–water partition coefficient (Wildman–Crippen LogP) is 3.40. The molecule has 0 fully saturated rings. The number of benzene rings is 1. The van der Waals surface area contributed by atoms with Crippen LogP contribution in [0.15, 0.2) is 18.2 Å². The monoisotopic (exact) mass is 259 g/mol. The van der Waals surface area contributed by atoms with Gasteiger partial charge in [-0.05, 0) is 30.3 Å². The molecule has 0 aliphatic carbocycles. The summed E-state index contributed by atoms with van der Waals surface area (Å²) in [5.74, 6) is 0.204. The minimum Gasteiger partial charge on any atom is -0.330 e. The van der Waals surface area contributed by atoms with Crippen molar-refractivity contribution in [3.8, 4) is 0 Å². The zero-order valence-corrected chi connectivity index (χ0v) is 10.7. The Bertz CT molecular complexity index is 359. The maximum absolute atomic E-state index is 11.4. The van der Waals surface area contributed by atoms with Crippen LogP contribution in [0.3, 0.4) is 0 Å². The van der Waals surface area contributed by atoms with Gasteiger partial charge in [-0.15, -0.1) is 0 Å². The van der Waals surface area contributed by atoms with Crippen molar-refractivity contribution in [3.05, 3.63) is 33.8 Å². The first-order valence-corrected chi connectivity index (χ1v) is 6.00. The summed E-state index contributed by atoms with van der Waals surface area (Å²) in [6.45, 7) is 2.27. The van der Waals surface area contributed by atoms with Crippen LogP contribution in [0, 0.1) is 0 Å². The SMILES string of the molecule is CCC(=O)C[C@H](CN)c1cc(Cl)cc(Cl)c1. The van der Waals surface area contributed by atoms with Crippen LogP contribution in [-0.2, 0) is 4.79 Å². The number of carbonyl (C=O) groups excluding carboxylic acids is 1. The third-order valence-electron chi connectivity index (χ3n) is 2.51. The molecule has 0 aromatic heterocycles. The largest absolute Gasteiger partial charge is 0.330 e. The molecule has 4 heteroatoms. The van der Waals surface area contributed by atoms with E-state index in [-0.39, 0.29) is 11.7 Å². The molecule has 0 aliphatic rings. The van der Waals surface area contributed by atoms with Gasteiger partial charge in [0.05, 0.1) is 0 Å². The van der Waals surface area contributed by atoms with E-state index in [4.69, 9.17) is 28.9 Å². The standard InChI is InChI=1S/C12H15Cl2NO/c1-2-12(16)5-9(7-15)8-3-10(13)6-11(14)4-8/h3-4,6,9H,2,5,7,15H2,1H3/t9-/m1/s1. The Labute approximate surface area is 106 Å². The molecule has 16 heavy (non-hydrogen) atoms. The molecular weight excluding hydrogens is 245 g/mol. The highest BCUT2D eigenvalue weighted by atomic mass is 35.5. The molecule has 88 valence electrons. The van der Waals surface area contributed by atoms with E-state index in [1.54, 1.807) is 6.07 Å². The van der Waals surface area contributed by atoms with E-state index in [9.17, 15) is 4.79 Å². The Hall–Kier alpha value is -0.570. The Morgan fingerprint density at radius 3 is 2.31 bits per heavy atom. The summed E-state index contributed by atoms with van der Waals surface area (Å²) in [5.41, 5.74) is 6.60. The summed E-state index contributed by atoms with van der Waals surface area (Å²) in [6, 6.07) is 5.30. The van der Waals surface area contributed by atoms with Crippen molar-refractivity contribution in [2.24, 2.45) is 5.73 Å². The maximum atomic E-state index is 11.4. The van der Waals surface area contributed by atoms with Crippen LogP contribution >= 0.6 is 23.2 Å². The second-order valence-electron chi connectivity index (χ2n) is 3.73. The second-order valence-corrected chi connectivity index (χ2v) is 4.60. The van der Waals surface area contributed by atoms with Crippen molar-refractivity contribution in [2.45, 2.75) is 25.7 Å². The van der Waals surface area contributed by atoms with E-state index in [2.05, 4.69) is 0 Å². The van der Waals surface area contributed by atoms with Crippen LogP contribution in [0.1, 0.15) is 31.2 Å². The van der Waals surface area contributed by atoms with Gasteiger partial charge in [0.2, 0.25) is 0 Å². The molecule has 0 spiro atoms. The molecule has 2 N–H and O–H groups in total. The Kier molecular flexibility index (Phi) is 5.26. The number of hydrogen-bond donors (Lipinski definition) is 1. The predicted molar refractivity (Wildman–Crippen MR) is 68.2 cm³/mol. The van der Waals surface area contributed by atoms with Gasteiger partial charge in [0.1, 0.15) is 5.78 Å². The van der Waals surface area contributed by atoms with Crippen LogP contribution in [0.25, 0.3) is 0 Å². The van der Waals surface area contributed by atoms with Crippen molar-refractivity contribution in [1.29, 1.82) is 0 Å². The van der Waals surface area contributed by atoms with Crippen LogP contribution in [0.5, 0.6) is 0 Å². The summed E-state index contributed by atoms with van der Waals surface area (Å²) in [7, 11) is 0. The molecule has 1 aromatic rings. The molecule has 0 bridgehead atoms. The molecule has 0 saturated heterocycles. The number of Topliss-reactive ketones (excluding diaryl/α,β-unsaturated/α-hetero) is 1. The summed E-state index contributed by atoms with van der Waals surface area (Å²) < 4.78 is 0. The van der Waals surface area contributed by atoms with E-state index in [1.165, 1.54) is 0 Å². The first-order valence-electron chi connectivity index (χ1n) is 5.24. The molecule has 0 radical (unpaired) electrons. The molecule has 1 atom stereocenters. The van der Waals surface area contributed by atoms with E-state index in [0.29, 0.717) is 29.4 Å². The highest BCUT2D eigenvalue weighted by Crippen LogP contribution is 2.26. The topological polar surface area (TPSA) is 43.1 Å². The minimum absolute atomic E-state index is 0.00338. The Morgan fingerprint density at radius 2 is 1.88 bits per heavy atom. The van der Waals surface area contributed by atoms with E-state index in [1.807, 2.05) is 19.1 Å². The van der Waals surface area contributed by atoms with Gasteiger partial charge in [-0.2, -0.15) is 0 Å². The number of hydrogen-bond acceptors (Lipinski definition) is 2. The smallest absolute Gasteiger partial charge is 0.133 e. The Morgan fingerprint density at radius 1 is 1.31 bits per heavy atom. The van der Waals surface area contributed by atoms with Gasteiger partial charge in [-0.25, -0.2) is 0 Å². The van der Waals surface area contributed by atoms with Crippen LogP contribution in [0.2, 0.25) is 10.0 Å². The van der Waals surface area contributed by atoms with Crippen molar-refractivity contribution in [3.63, 3.8) is 0 Å². The average Bonchev–Trinajstić information content (AvgIpc) is 2.24. The summed E-state index contributed by atoms with van der Waals surface area (Å²) in [4.78, 5) is 11.4. The highest BCUT2D eigenvalue weighted by molar-refractivity contribution is 6.34. The summed E-state index contributed by atoms with van der Waals surface area (Å²) >= 11 is 11.8. The first-order chi connectivity index (χ1) is 7.56. The molecule has 0 amide bonds. The lowest BCUT2D eigenvalue weighted by Gasteiger charge is -2.14. The molecule has 0 aliphatic heterocycles. The number of halogens is 2. The zero-order chi connectivity index (χ0) is 12.1. The van der Waals surface area contributed by atoms with Gasteiger partial charge in [-0.3, -0.25) is 4.79 Å². The van der Waals surface area contributed by atoms with Crippen LogP contribution < -0.4 is 5.73 Å². The fourth-order valence-corrected chi connectivity index (χ4v) is 2.11. The van der Waals surface area contributed by atoms with Crippen LogP contribution in [0.4, 0.5) is 0 Å². The average molecular weight is 260 g/mol. The molecule has 0 unspecified atom stereocenters. The quantitative estimate of drug-likeness (QED) is 0.881. The number of rotatable bonds is 5. The zero-order valence-electron chi connectivity index (χ0n) is 9.17. The van der Waals surface area contributed by atoms with Crippen molar-refractivity contribution >= 4 is 29.0 Å². The van der Waals surface area contributed by atoms with Crippen molar-refractivity contribution in [2.75, 3.05) is 6.54 Å². The molecule has 1 rings (SSSR count). The highest BCUT2D eigenvalue weighted by Gasteiger charge is 2.14. The lowest BCUT2D eigenvalue weighted by Crippen LogP contribution is -2.16. The van der Waals surface area contributed by atoms with E-state index < -0.39 is 0 Å². The third kappa shape index (κ3) is 3.78. The summed E-state index contributed by atoms with van der Waals surface area (Å²) in [5, 5.41) is 1.15. The van der Waals surface area contributed by atoms with Gasteiger partial charge in [0.15, 0.2) is 0 Å². The third-order valence-corrected chi connectivity index (χ3v) is 2.95. The van der Waals surface area contributed by atoms with E-state index >= 15 is 0 Å². The second kappa shape index (κ2) is 6.24. The van der Waals surface area contributed by atoms with Crippen molar-refractivity contribution in [1.82, 2.24) is 0 Å². The molecule has 1 aromatic carbocycles. The molecule has 0 saturated carbocycles. The van der Waals surface area contributed by atoms with E-state index in [0.717, 1.165) is 5.56 Å². The molecule has 0 heterocycles. The summed E-state index contributed by atoms with van der Waals surface area (Å²) in [6.07, 6.45) is 0.981. The Balaban J connectivity index is 2.90. The van der Waals surface area contributed by atoms with Crippen molar-refractivity contribution < 1.29 is 4.79 Å². The maximum Gasteiger partial charge on any atom is 0.133 e. The van der Waals surface area contributed by atoms with Gasteiger partial charge >= 0.3 is 0 Å². The van der Waals surface area contributed by atoms with Gasteiger partial charge in [-0.1, -0.05) is 30.1 Å².